The molecule has 0 saturated carbocycles. The Labute approximate surface area is 138 Å². The molecule has 0 radical (unpaired) electrons. The molecule has 0 fully saturated rings. The molecule has 0 aliphatic carbocycles. The van der Waals surface area contributed by atoms with Gasteiger partial charge in [0.2, 0.25) is 0 Å². The number of nitrogens with zero attached hydrogens (tertiary/aromatic N) is 3. The van der Waals surface area contributed by atoms with E-state index in [1.54, 1.807) is 0 Å². The summed E-state index contributed by atoms with van der Waals surface area (Å²) in [5.41, 5.74) is 2.19. The van der Waals surface area contributed by atoms with Crippen molar-refractivity contribution in [3.63, 3.8) is 0 Å². The van der Waals surface area contributed by atoms with Gasteiger partial charge in [0, 0.05) is 20.1 Å². The van der Waals surface area contributed by atoms with Gasteiger partial charge in [-0.25, -0.2) is 4.98 Å². The third-order valence-corrected chi connectivity index (χ3v) is 3.40. The van der Waals surface area contributed by atoms with Crippen LogP contribution in [0.2, 0.25) is 0 Å². The SMILES string of the molecule is CCNC(=NCC(C)C)N(C)Cc1ncc(-c2ccccc2)[nH]1. The van der Waals surface area contributed by atoms with Crippen molar-refractivity contribution in [2.75, 3.05) is 20.1 Å². The first-order valence-corrected chi connectivity index (χ1v) is 8.19. The number of benzene rings is 1. The molecule has 0 bridgehead atoms. The third-order valence-electron chi connectivity index (χ3n) is 3.40. The summed E-state index contributed by atoms with van der Waals surface area (Å²) in [6, 6.07) is 10.2. The molecule has 0 aliphatic rings. The topological polar surface area (TPSA) is 56.3 Å². The van der Waals surface area contributed by atoms with Crippen molar-refractivity contribution < 1.29 is 0 Å². The second-order valence-electron chi connectivity index (χ2n) is 6.05. The Morgan fingerprint density at radius 2 is 2.04 bits per heavy atom. The molecule has 0 amide bonds. The number of imidazole rings is 1. The van der Waals surface area contributed by atoms with Gasteiger partial charge < -0.3 is 15.2 Å². The molecular weight excluding hydrogens is 286 g/mol. The van der Waals surface area contributed by atoms with E-state index in [1.807, 2.05) is 31.4 Å². The molecule has 2 aromatic rings. The number of rotatable bonds is 6. The smallest absolute Gasteiger partial charge is 0.194 e. The summed E-state index contributed by atoms with van der Waals surface area (Å²) in [5.74, 6) is 2.39. The normalized spacial score (nSPS) is 11.8. The van der Waals surface area contributed by atoms with Crippen LogP contribution in [0.5, 0.6) is 0 Å². The molecule has 5 nitrogen and oxygen atoms in total. The molecule has 0 spiro atoms. The van der Waals surface area contributed by atoms with E-state index in [-0.39, 0.29) is 0 Å². The van der Waals surface area contributed by atoms with E-state index in [2.05, 4.69) is 58.1 Å². The van der Waals surface area contributed by atoms with Gasteiger partial charge in [-0.2, -0.15) is 0 Å². The van der Waals surface area contributed by atoms with Gasteiger partial charge in [0.05, 0.1) is 18.4 Å². The number of aromatic nitrogens is 2. The summed E-state index contributed by atoms with van der Waals surface area (Å²) in [5, 5.41) is 3.33. The van der Waals surface area contributed by atoms with E-state index in [0.717, 1.165) is 36.1 Å². The van der Waals surface area contributed by atoms with Crippen LogP contribution in [0.3, 0.4) is 0 Å². The van der Waals surface area contributed by atoms with E-state index in [0.29, 0.717) is 12.5 Å². The summed E-state index contributed by atoms with van der Waals surface area (Å²) in [7, 11) is 2.03. The average Bonchev–Trinajstić information content (AvgIpc) is 3.00. The molecule has 5 heteroatoms. The number of hydrogen-bond donors (Lipinski definition) is 2. The number of H-pyrrole nitrogens is 1. The second kappa shape index (κ2) is 8.36. The maximum absolute atomic E-state index is 4.66. The molecule has 2 rings (SSSR count). The molecule has 0 aliphatic heterocycles. The van der Waals surface area contributed by atoms with Gasteiger partial charge in [-0.05, 0) is 18.4 Å². The summed E-state index contributed by atoms with van der Waals surface area (Å²) < 4.78 is 0. The number of aromatic amines is 1. The molecule has 124 valence electrons. The third kappa shape index (κ3) is 5.13. The van der Waals surface area contributed by atoms with Gasteiger partial charge in [-0.3, -0.25) is 4.99 Å². The molecular formula is C18H27N5. The minimum Gasteiger partial charge on any atom is -0.357 e. The van der Waals surface area contributed by atoms with Crippen molar-refractivity contribution >= 4 is 5.96 Å². The van der Waals surface area contributed by atoms with E-state index in [9.17, 15) is 0 Å². The number of hydrogen-bond acceptors (Lipinski definition) is 2. The molecule has 1 heterocycles. The highest BCUT2D eigenvalue weighted by molar-refractivity contribution is 5.79. The standard InChI is InChI=1S/C18H27N5/c1-5-19-18(21-11-14(2)3)23(4)13-17-20-12-16(22-17)15-9-7-6-8-10-15/h6-10,12,14H,5,11,13H2,1-4H3,(H,19,21)(H,20,22). The summed E-state index contributed by atoms with van der Waals surface area (Å²) >= 11 is 0. The zero-order valence-corrected chi connectivity index (χ0v) is 14.5. The maximum Gasteiger partial charge on any atom is 0.194 e. The van der Waals surface area contributed by atoms with Crippen LogP contribution >= 0.6 is 0 Å². The molecule has 23 heavy (non-hydrogen) atoms. The minimum atomic E-state index is 0.547. The summed E-state index contributed by atoms with van der Waals surface area (Å²) in [6.45, 7) is 8.79. The van der Waals surface area contributed by atoms with E-state index in [1.165, 1.54) is 0 Å². The Bertz CT molecular complexity index is 615. The highest BCUT2D eigenvalue weighted by Gasteiger charge is 2.10. The van der Waals surface area contributed by atoms with Crippen molar-refractivity contribution in [2.24, 2.45) is 10.9 Å². The van der Waals surface area contributed by atoms with E-state index < -0.39 is 0 Å². The van der Waals surface area contributed by atoms with Crippen LogP contribution in [0.25, 0.3) is 11.3 Å². The van der Waals surface area contributed by atoms with Gasteiger partial charge >= 0.3 is 0 Å². The molecule has 1 aromatic heterocycles. The quantitative estimate of drug-likeness (QED) is 0.636. The van der Waals surface area contributed by atoms with Crippen molar-refractivity contribution in [1.29, 1.82) is 0 Å². The first-order chi connectivity index (χ1) is 11.1. The molecule has 0 saturated heterocycles. The van der Waals surface area contributed by atoms with Crippen LogP contribution < -0.4 is 5.32 Å². The summed E-state index contributed by atoms with van der Waals surface area (Å²) in [4.78, 5) is 14.6. The minimum absolute atomic E-state index is 0.547. The Balaban J connectivity index is 2.05. The van der Waals surface area contributed by atoms with Crippen molar-refractivity contribution in [2.45, 2.75) is 27.3 Å². The van der Waals surface area contributed by atoms with Crippen LogP contribution in [0.1, 0.15) is 26.6 Å². The lowest BCUT2D eigenvalue weighted by Gasteiger charge is -2.21. The number of nitrogens with one attached hydrogen (secondary N) is 2. The lowest BCUT2D eigenvalue weighted by molar-refractivity contribution is 0.461. The maximum atomic E-state index is 4.66. The molecule has 0 unspecified atom stereocenters. The highest BCUT2D eigenvalue weighted by Crippen LogP contribution is 2.16. The van der Waals surface area contributed by atoms with Crippen molar-refractivity contribution in [1.82, 2.24) is 20.2 Å². The largest absolute Gasteiger partial charge is 0.357 e. The predicted octanol–water partition coefficient (Wildman–Crippen LogP) is 3.13. The molecule has 2 N–H and O–H groups in total. The van der Waals surface area contributed by atoms with Gasteiger partial charge in [0.25, 0.3) is 0 Å². The fourth-order valence-corrected chi connectivity index (χ4v) is 2.25. The molecule has 1 aromatic carbocycles. The van der Waals surface area contributed by atoms with Crippen LogP contribution in [0, 0.1) is 5.92 Å². The number of aliphatic imine (C=N–C) groups is 1. The van der Waals surface area contributed by atoms with Crippen LogP contribution in [-0.4, -0.2) is 41.0 Å². The first-order valence-electron chi connectivity index (χ1n) is 8.19. The Hall–Kier alpha value is -2.30. The zero-order valence-electron chi connectivity index (χ0n) is 14.5. The lowest BCUT2D eigenvalue weighted by Crippen LogP contribution is -2.39. The fourth-order valence-electron chi connectivity index (χ4n) is 2.25. The average molecular weight is 313 g/mol. The fraction of sp³-hybridized carbons (Fsp3) is 0.444. The van der Waals surface area contributed by atoms with Crippen LogP contribution in [0.15, 0.2) is 41.5 Å². The van der Waals surface area contributed by atoms with Crippen molar-refractivity contribution in [3.05, 3.63) is 42.4 Å². The predicted molar refractivity (Wildman–Crippen MR) is 96.3 cm³/mol. The Morgan fingerprint density at radius 3 is 2.70 bits per heavy atom. The van der Waals surface area contributed by atoms with Gasteiger partial charge in [0.1, 0.15) is 5.82 Å². The first kappa shape index (κ1) is 17.1. The second-order valence-corrected chi connectivity index (χ2v) is 6.05. The van der Waals surface area contributed by atoms with Crippen molar-refractivity contribution in [3.8, 4) is 11.3 Å². The number of guanidine groups is 1. The van der Waals surface area contributed by atoms with Gasteiger partial charge in [-0.1, -0.05) is 44.2 Å². The van der Waals surface area contributed by atoms with E-state index >= 15 is 0 Å². The van der Waals surface area contributed by atoms with Gasteiger partial charge in [0.15, 0.2) is 5.96 Å². The van der Waals surface area contributed by atoms with Gasteiger partial charge in [-0.15, -0.1) is 0 Å². The Morgan fingerprint density at radius 1 is 1.30 bits per heavy atom. The summed E-state index contributed by atoms with van der Waals surface area (Å²) in [6.07, 6.45) is 1.89. The zero-order chi connectivity index (χ0) is 16.7. The highest BCUT2D eigenvalue weighted by atomic mass is 15.3. The monoisotopic (exact) mass is 313 g/mol. The van der Waals surface area contributed by atoms with Crippen LogP contribution in [-0.2, 0) is 6.54 Å². The molecule has 0 atom stereocenters. The van der Waals surface area contributed by atoms with Crippen LogP contribution in [0.4, 0.5) is 0 Å². The Kier molecular flexibility index (Phi) is 6.20. The van der Waals surface area contributed by atoms with E-state index in [4.69, 9.17) is 0 Å². The lowest BCUT2D eigenvalue weighted by atomic mass is 10.2.